The average Bonchev–Trinajstić information content (AvgIpc) is 3.08. The summed E-state index contributed by atoms with van der Waals surface area (Å²) in [5, 5.41) is 7.16. The molecule has 0 saturated carbocycles. The first-order valence-electron chi connectivity index (χ1n) is 8.30. The molecule has 132 valence electrons. The maximum absolute atomic E-state index is 12.4. The molecule has 7 heteroatoms. The summed E-state index contributed by atoms with van der Waals surface area (Å²) >= 11 is 0. The van der Waals surface area contributed by atoms with E-state index in [0.29, 0.717) is 17.6 Å². The zero-order valence-electron chi connectivity index (χ0n) is 14.7. The minimum atomic E-state index is -0.507. The lowest BCUT2D eigenvalue weighted by atomic mass is 10.1. The van der Waals surface area contributed by atoms with Gasteiger partial charge in [-0.3, -0.25) is 14.5 Å². The molecule has 0 aliphatic carbocycles. The van der Waals surface area contributed by atoms with Crippen molar-refractivity contribution in [3.63, 3.8) is 0 Å². The average molecular weight is 342 g/mol. The van der Waals surface area contributed by atoms with E-state index in [1.54, 1.807) is 30.1 Å². The van der Waals surface area contributed by atoms with Crippen molar-refractivity contribution < 1.29 is 9.21 Å². The van der Waals surface area contributed by atoms with Gasteiger partial charge < -0.3 is 9.32 Å². The SMILES string of the molecule is Cc1n[nH]c(C)c1CCCN(C)C(=O)Cn1c(=O)oc2ccccc21. The first-order valence-corrected chi connectivity index (χ1v) is 8.30. The quantitative estimate of drug-likeness (QED) is 0.743. The van der Waals surface area contributed by atoms with Crippen LogP contribution in [0.3, 0.4) is 0 Å². The zero-order valence-corrected chi connectivity index (χ0v) is 14.7. The molecule has 3 aromatic rings. The first-order chi connectivity index (χ1) is 12.0. The van der Waals surface area contributed by atoms with Crippen molar-refractivity contribution in [1.29, 1.82) is 0 Å². The van der Waals surface area contributed by atoms with E-state index in [4.69, 9.17) is 4.42 Å². The molecule has 0 spiro atoms. The Morgan fingerprint density at radius 2 is 2.08 bits per heavy atom. The lowest BCUT2D eigenvalue weighted by Gasteiger charge is -2.17. The third-order valence-corrected chi connectivity index (χ3v) is 4.49. The second-order valence-corrected chi connectivity index (χ2v) is 6.25. The lowest BCUT2D eigenvalue weighted by Crippen LogP contribution is -2.33. The van der Waals surface area contributed by atoms with Gasteiger partial charge in [0.25, 0.3) is 0 Å². The van der Waals surface area contributed by atoms with Gasteiger partial charge >= 0.3 is 5.76 Å². The Balaban J connectivity index is 1.61. The Hall–Kier alpha value is -2.83. The van der Waals surface area contributed by atoms with E-state index >= 15 is 0 Å². The molecule has 0 radical (unpaired) electrons. The highest BCUT2D eigenvalue weighted by Gasteiger charge is 2.15. The molecule has 0 atom stereocenters. The highest BCUT2D eigenvalue weighted by atomic mass is 16.4. The molecule has 0 bridgehead atoms. The number of oxazole rings is 1. The van der Waals surface area contributed by atoms with Crippen LogP contribution in [0.25, 0.3) is 11.1 Å². The molecule has 0 fully saturated rings. The van der Waals surface area contributed by atoms with Crippen LogP contribution in [0, 0.1) is 13.8 Å². The van der Waals surface area contributed by atoms with E-state index in [2.05, 4.69) is 10.2 Å². The van der Waals surface area contributed by atoms with E-state index in [1.807, 2.05) is 19.9 Å². The number of para-hydroxylation sites is 2. The first kappa shape index (κ1) is 17.0. The van der Waals surface area contributed by atoms with E-state index < -0.39 is 5.76 Å². The number of aryl methyl sites for hydroxylation is 2. The number of aromatic amines is 1. The molecule has 25 heavy (non-hydrogen) atoms. The summed E-state index contributed by atoms with van der Waals surface area (Å²) in [6, 6.07) is 7.11. The Morgan fingerprint density at radius 1 is 1.32 bits per heavy atom. The molecule has 2 heterocycles. The molecule has 1 N–H and O–H groups in total. The fourth-order valence-electron chi connectivity index (χ4n) is 2.98. The van der Waals surface area contributed by atoms with Gasteiger partial charge in [0.15, 0.2) is 5.58 Å². The number of nitrogens with one attached hydrogen (secondary N) is 1. The largest absolute Gasteiger partial charge is 0.420 e. The van der Waals surface area contributed by atoms with Gasteiger partial charge in [0.1, 0.15) is 6.54 Å². The summed E-state index contributed by atoms with van der Waals surface area (Å²) in [7, 11) is 1.75. The molecule has 1 amide bonds. The molecule has 7 nitrogen and oxygen atoms in total. The maximum Gasteiger partial charge on any atom is 0.420 e. The van der Waals surface area contributed by atoms with Crippen LogP contribution in [-0.2, 0) is 17.8 Å². The Kier molecular flexibility index (Phi) is 4.74. The predicted molar refractivity (Wildman–Crippen MR) is 94.5 cm³/mol. The number of amides is 1. The van der Waals surface area contributed by atoms with Gasteiger partial charge in [0.2, 0.25) is 5.91 Å². The third kappa shape index (κ3) is 3.50. The summed E-state index contributed by atoms with van der Waals surface area (Å²) in [6.45, 7) is 4.58. The second kappa shape index (κ2) is 6.96. The van der Waals surface area contributed by atoms with Crippen molar-refractivity contribution in [2.45, 2.75) is 33.2 Å². The van der Waals surface area contributed by atoms with Crippen LogP contribution in [0.15, 0.2) is 33.5 Å². The number of aromatic nitrogens is 3. The fraction of sp³-hybridized carbons (Fsp3) is 0.389. The van der Waals surface area contributed by atoms with Gasteiger partial charge in [0.05, 0.1) is 11.2 Å². The second-order valence-electron chi connectivity index (χ2n) is 6.25. The topological polar surface area (TPSA) is 84.1 Å². The van der Waals surface area contributed by atoms with Crippen LogP contribution in [0.5, 0.6) is 0 Å². The number of carbonyl (C=O) groups is 1. The van der Waals surface area contributed by atoms with E-state index in [0.717, 1.165) is 24.2 Å². The van der Waals surface area contributed by atoms with Crippen molar-refractivity contribution >= 4 is 17.0 Å². The van der Waals surface area contributed by atoms with Crippen LogP contribution >= 0.6 is 0 Å². The van der Waals surface area contributed by atoms with Crippen molar-refractivity contribution in [3.05, 3.63) is 51.8 Å². The smallest absolute Gasteiger partial charge is 0.408 e. The standard InChI is InChI=1S/C18H22N4O3/c1-12-14(13(2)20-19-12)7-6-10-21(3)17(23)11-22-15-8-4-5-9-16(15)25-18(22)24/h4-5,8-9H,6-7,10-11H2,1-3H3,(H,19,20). The third-order valence-electron chi connectivity index (χ3n) is 4.49. The number of hydrogen-bond donors (Lipinski definition) is 1. The fourth-order valence-corrected chi connectivity index (χ4v) is 2.98. The van der Waals surface area contributed by atoms with Gasteiger partial charge in [-0.1, -0.05) is 12.1 Å². The van der Waals surface area contributed by atoms with Crippen molar-refractivity contribution in [1.82, 2.24) is 19.7 Å². The molecule has 3 rings (SSSR count). The molecule has 1 aromatic carbocycles. The maximum atomic E-state index is 12.4. The van der Waals surface area contributed by atoms with Crippen LogP contribution in [0.2, 0.25) is 0 Å². The molecule has 0 aliphatic heterocycles. The lowest BCUT2D eigenvalue weighted by molar-refractivity contribution is -0.130. The van der Waals surface area contributed by atoms with Crippen molar-refractivity contribution in [2.24, 2.45) is 0 Å². The molecule has 2 aromatic heterocycles. The van der Waals surface area contributed by atoms with Crippen LogP contribution < -0.4 is 5.76 Å². The van der Waals surface area contributed by atoms with Gasteiger partial charge in [-0.15, -0.1) is 0 Å². The zero-order chi connectivity index (χ0) is 18.0. The van der Waals surface area contributed by atoms with Gasteiger partial charge in [-0.25, -0.2) is 4.79 Å². The number of carbonyl (C=O) groups excluding carboxylic acids is 1. The number of likely N-dealkylation sites (N-methyl/N-ethyl adjacent to an activating group) is 1. The van der Waals surface area contributed by atoms with Crippen molar-refractivity contribution in [3.8, 4) is 0 Å². The van der Waals surface area contributed by atoms with Gasteiger partial charge in [-0.05, 0) is 44.4 Å². The monoisotopic (exact) mass is 342 g/mol. The molecule has 0 saturated heterocycles. The van der Waals surface area contributed by atoms with Crippen molar-refractivity contribution in [2.75, 3.05) is 13.6 Å². The highest BCUT2D eigenvalue weighted by molar-refractivity contribution is 5.79. The molecular formula is C18H22N4O3. The number of H-pyrrole nitrogens is 1. The molecular weight excluding hydrogens is 320 g/mol. The Labute approximate surface area is 145 Å². The summed E-state index contributed by atoms with van der Waals surface area (Å²) in [4.78, 5) is 26.0. The van der Waals surface area contributed by atoms with Crippen LogP contribution in [-0.4, -0.2) is 39.2 Å². The normalized spacial score (nSPS) is 11.2. The van der Waals surface area contributed by atoms with Crippen LogP contribution in [0.1, 0.15) is 23.4 Å². The number of fused-ring (bicyclic) bond motifs is 1. The van der Waals surface area contributed by atoms with Gasteiger partial charge in [0, 0.05) is 19.3 Å². The van der Waals surface area contributed by atoms with Gasteiger partial charge in [-0.2, -0.15) is 5.10 Å². The summed E-state index contributed by atoms with van der Waals surface area (Å²) in [5.74, 6) is -0.623. The van der Waals surface area contributed by atoms with E-state index in [-0.39, 0.29) is 12.5 Å². The summed E-state index contributed by atoms with van der Waals surface area (Å²) in [6.07, 6.45) is 1.70. The van der Waals surface area contributed by atoms with E-state index in [9.17, 15) is 9.59 Å². The summed E-state index contributed by atoms with van der Waals surface area (Å²) < 4.78 is 6.54. The Bertz CT molecular complexity index is 931. The highest BCUT2D eigenvalue weighted by Crippen LogP contribution is 2.13. The Morgan fingerprint density at radius 3 is 2.80 bits per heavy atom. The predicted octanol–water partition coefficient (Wildman–Crippen LogP) is 2.03. The van der Waals surface area contributed by atoms with E-state index in [1.165, 1.54) is 10.1 Å². The minimum absolute atomic E-state index is 0.0177. The van der Waals surface area contributed by atoms with Crippen LogP contribution in [0.4, 0.5) is 0 Å². The number of benzene rings is 1. The number of hydrogen-bond acceptors (Lipinski definition) is 4. The molecule has 0 aliphatic rings. The number of nitrogens with zero attached hydrogens (tertiary/aromatic N) is 3. The summed E-state index contributed by atoms with van der Waals surface area (Å²) in [5.41, 5.74) is 4.41. The minimum Gasteiger partial charge on any atom is -0.408 e. The molecule has 0 unspecified atom stereocenters. The number of rotatable bonds is 6.